The van der Waals surface area contributed by atoms with Crippen molar-refractivity contribution < 1.29 is 14.1 Å². The zero-order chi connectivity index (χ0) is 26.5. The number of rotatable bonds is 9. The van der Waals surface area contributed by atoms with Crippen molar-refractivity contribution >= 4 is 22.5 Å². The summed E-state index contributed by atoms with van der Waals surface area (Å²) in [5.74, 6) is -0.857. The van der Waals surface area contributed by atoms with Gasteiger partial charge < -0.3 is 9.88 Å². The maximum absolute atomic E-state index is 13.5. The maximum atomic E-state index is 13.5. The molecule has 5 rings (SSSR count). The topological polar surface area (TPSA) is 77.2 Å². The summed E-state index contributed by atoms with van der Waals surface area (Å²) in [5, 5.41) is 15.5. The summed E-state index contributed by atoms with van der Waals surface area (Å²) in [4.78, 5) is 24.3. The number of hydrogen-bond donors (Lipinski definition) is 1. The Hall–Kier alpha value is -4.78. The molecule has 7 heteroatoms. The Bertz CT molecular complexity index is 1580. The van der Waals surface area contributed by atoms with E-state index in [1.54, 1.807) is 24.3 Å². The van der Waals surface area contributed by atoms with Gasteiger partial charge in [-0.3, -0.25) is 14.9 Å². The molecule has 1 amide bonds. The van der Waals surface area contributed by atoms with Crippen molar-refractivity contribution in [2.75, 3.05) is 0 Å². The molecular formula is C31H26FN3O3. The average molecular weight is 508 g/mol. The van der Waals surface area contributed by atoms with E-state index in [1.165, 1.54) is 18.2 Å². The van der Waals surface area contributed by atoms with Gasteiger partial charge in [0.2, 0.25) is 5.91 Å². The lowest BCUT2D eigenvalue weighted by Crippen LogP contribution is -2.25. The second-order valence-corrected chi connectivity index (χ2v) is 9.23. The number of para-hydroxylation sites is 1. The molecule has 1 N–H and O–H groups in total. The van der Waals surface area contributed by atoms with Crippen molar-refractivity contribution in [1.82, 2.24) is 9.88 Å². The van der Waals surface area contributed by atoms with Gasteiger partial charge in [-0.15, -0.1) is 0 Å². The number of halogens is 1. The molecule has 6 nitrogen and oxygen atoms in total. The van der Waals surface area contributed by atoms with Crippen LogP contribution in [0.5, 0.6) is 0 Å². The van der Waals surface area contributed by atoms with Gasteiger partial charge in [-0.2, -0.15) is 0 Å². The summed E-state index contributed by atoms with van der Waals surface area (Å²) in [6, 6.07) is 30.4. The van der Waals surface area contributed by atoms with Crippen LogP contribution in [0.1, 0.15) is 34.6 Å². The summed E-state index contributed by atoms with van der Waals surface area (Å²) < 4.78 is 15.5. The highest BCUT2D eigenvalue weighted by molar-refractivity contribution is 5.87. The SMILES string of the molecule is O=C(C[C@H](c1cccc([N+](=O)[O-])c1)c1cn(Cc2ccc(F)cc2)c2ccccc12)NCc1ccccc1. The molecule has 38 heavy (non-hydrogen) atoms. The monoisotopic (exact) mass is 507 g/mol. The zero-order valence-electron chi connectivity index (χ0n) is 20.6. The fourth-order valence-electron chi connectivity index (χ4n) is 4.79. The summed E-state index contributed by atoms with van der Waals surface area (Å²) >= 11 is 0. The highest BCUT2D eigenvalue weighted by atomic mass is 19.1. The van der Waals surface area contributed by atoms with E-state index in [2.05, 4.69) is 9.88 Å². The number of amides is 1. The second-order valence-electron chi connectivity index (χ2n) is 9.23. The fraction of sp³-hybridized carbons (Fsp3) is 0.129. The van der Waals surface area contributed by atoms with E-state index in [9.17, 15) is 19.3 Å². The van der Waals surface area contributed by atoms with Crippen LogP contribution in [-0.4, -0.2) is 15.4 Å². The first-order chi connectivity index (χ1) is 18.5. The number of nitro groups is 1. The van der Waals surface area contributed by atoms with Gasteiger partial charge >= 0.3 is 0 Å². The third kappa shape index (κ3) is 5.62. The van der Waals surface area contributed by atoms with Crippen LogP contribution in [0.3, 0.4) is 0 Å². The smallest absolute Gasteiger partial charge is 0.269 e. The molecule has 0 saturated heterocycles. The Morgan fingerprint density at radius 2 is 1.63 bits per heavy atom. The van der Waals surface area contributed by atoms with Crippen LogP contribution in [0.2, 0.25) is 0 Å². The molecule has 190 valence electrons. The molecule has 0 spiro atoms. The molecule has 0 aliphatic rings. The number of carbonyl (C=O) groups excluding carboxylic acids is 1. The summed E-state index contributed by atoms with van der Waals surface area (Å²) in [6.07, 6.45) is 2.13. The standard InChI is InChI=1S/C31H26FN3O3/c32-25-15-13-23(14-16-25)20-34-21-29(27-11-4-5-12-30(27)34)28(24-9-6-10-26(17-24)35(37)38)18-31(36)33-19-22-7-2-1-3-8-22/h1-17,21,28H,18-20H2,(H,33,36)/t28-/m1/s1. The van der Waals surface area contributed by atoms with E-state index in [1.807, 2.05) is 66.9 Å². The highest BCUT2D eigenvalue weighted by Crippen LogP contribution is 2.36. The normalized spacial score (nSPS) is 11.8. The summed E-state index contributed by atoms with van der Waals surface area (Å²) in [5.41, 5.74) is 4.46. The van der Waals surface area contributed by atoms with Gasteiger partial charge in [-0.25, -0.2) is 4.39 Å². The Morgan fingerprint density at radius 3 is 2.39 bits per heavy atom. The minimum Gasteiger partial charge on any atom is -0.352 e. The molecule has 0 fully saturated rings. The van der Waals surface area contributed by atoms with Crippen LogP contribution in [0.15, 0.2) is 109 Å². The molecule has 0 bridgehead atoms. The van der Waals surface area contributed by atoms with Crippen LogP contribution in [0.4, 0.5) is 10.1 Å². The Balaban J connectivity index is 1.52. The largest absolute Gasteiger partial charge is 0.352 e. The van der Waals surface area contributed by atoms with Crippen LogP contribution in [-0.2, 0) is 17.9 Å². The average Bonchev–Trinajstić information content (AvgIpc) is 3.30. The van der Waals surface area contributed by atoms with E-state index in [-0.39, 0.29) is 23.8 Å². The molecule has 5 aromatic rings. The van der Waals surface area contributed by atoms with Gasteiger partial charge in [0.25, 0.3) is 5.69 Å². The van der Waals surface area contributed by atoms with Crippen molar-refractivity contribution in [2.24, 2.45) is 0 Å². The molecule has 0 aliphatic heterocycles. The lowest BCUT2D eigenvalue weighted by Gasteiger charge is -2.17. The number of nitrogens with one attached hydrogen (secondary N) is 1. The molecule has 0 saturated carbocycles. The van der Waals surface area contributed by atoms with Crippen molar-refractivity contribution in [3.63, 3.8) is 0 Å². The molecule has 4 aromatic carbocycles. The fourth-order valence-corrected chi connectivity index (χ4v) is 4.79. The first-order valence-corrected chi connectivity index (χ1v) is 12.3. The quantitative estimate of drug-likeness (QED) is 0.181. The van der Waals surface area contributed by atoms with Crippen LogP contribution < -0.4 is 5.32 Å². The van der Waals surface area contributed by atoms with Gasteiger partial charge in [0.1, 0.15) is 5.82 Å². The number of hydrogen-bond acceptors (Lipinski definition) is 3. The van der Waals surface area contributed by atoms with Gasteiger partial charge in [-0.05, 0) is 40.5 Å². The van der Waals surface area contributed by atoms with Crippen LogP contribution in [0, 0.1) is 15.9 Å². The molecule has 1 heterocycles. The minimum absolute atomic E-state index is 0.0211. The van der Waals surface area contributed by atoms with Crippen molar-refractivity contribution in [1.29, 1.82) is 0 Å². The summed E-state index contributed by atoms with van der Waals surface area (Å²) in [6.45, 7) is 0.913. The number of nitrogens with zero attached hydrogens (tertiary/aromatic N) is 2. The number of carbonyl (C=O) groups is 1. The van der Waals surface area contributed by atoms with Gasteiger partial charge in [0.05, 0.1) is 4.92 Å². The van der Waals surface area contributed by atoms with Crippen molar-refractivity contribution in [3.8, 4) is 0 Å². The number of fused-ring (bicyclic) bond motifs is 1. The minimum atomic E-state index is -0.423. The third-order valence-corrected chi connectivity index (χ3v) is 6.67. The van der Waals surface area contributed by atoms with E-state index < -0.39 is 10.8 Å². The molecule has 1 atom stereocenters. The maximum Gasteiger partial charge on any atom is 0.269 e. The van der Waals surface area contributed by atoms with E-state index in [0.29, 0.717) is 18.7 Å². The first-order valence-electron chi connectivity index (χ1n) is 12.3. The molecule has 1 aromatic heterocycles. The lowest BCUT2D eigenvalue weighted by molar-refractivity contribution is -0.384. The molecular weight excluding hydrogens is 481 g/mol. The molecule has 0 aliphatic carbocycles. The van der Waals surface area contributed by atoms with Crippen LogP contribution >= 0.6 is 0 Å². The van der Waals surface area contributed by atoms with Gasteiger partial charge in [-0.1, -0.05) is 72.8 Å². The zero-order valence-corrected chi connectivity index (χ0v) is 20.6. The van der Waals surface area contributed by atoms with Crippen LogP contribution in [0.25, 0.3) is 10.9 Å². The first kappa shape index (κ1) is 24.9. The molecule has 0 radical (unpaired) electrons. The summed E-state index contributed by atoms with van der Waals surface area (Å²) in [7, 11) is 0. The van der Waals surface area contributed by atoms with Gasteiger partial charge in [0.15, 0.2) is 0 Å². The van der Waals surface area contributed by atoms with E-state index in [0.717, 1.165) is 27.6 Å². The van der Waals surface area contributed by atoms with Crippen molar-refractivity contribution in [3.05, 3.63) is 148 Å². The van der Waals surface area contributed by atoms with Crippen molar-refractivity contribution in [2.45, 2.75) is 25.4 Å². The Labute approximate surface area is 219 Å². The Kier molecular flexibility index (Phi) is 7.26. The predicted molar refractivity (Wildman–Crippen MR) is 145 cm³/mol. The van der Waals surface area contributed by atoms with E-state index >= 15 is 0 Å². The third-order valence-electron chi connectivity index (χ3n) is 6.67. The predicted octanol–water partition coefficient (Wildman–Crippen LogP) is 6.58. The Morgan fingerprint density at radius 1 is 0.895 bits per heavy atom. The lowest BCUT2D eigenvalue weighted by atomic mass is 9.87. The number of benzene rings is 4. The van der Waals surface area contributed by atoms with Gasteiger partial charge in [0, 0.05) is 54.7 Å². The molecule has 0 unspecified atom stereocenters. The second kappa shape index (κ2) is 11.1. The van der Waals surface area contributed by atoms with E-state index in [4.69, 9.17) is 0 Å². The highest BCUT2D eigenvalue weighted by Gasteiger charge is 2.24. The number of non-ortho nitro benzene ring substituents is 1. The number of aromatic nitrogens is 1. The number of nitro benzene ring substituents is 1.